The van der Waals surface area contributed by atoms with Gasteiger partial charge in [0.25, 0.3) is 0 Å². The zero-order chi connectivity index (χ0) is 12.1. The second-order valence-electron chi connectivity index (χ2n) is 3.94. The van der Waals surface area contributed by atoms with Crippen molar-refractivity contribution >= 4 is 11.6 Å². The van der Waals surface area contributed by atoms with E-state index in [2.05, 4.69) is 20.5 Å². The monoisotopic (exact) mass is 238 g/mol. The molecule has 1 aromatic heterocycles. The fourth-order valence-electron chi connectivity index (χ4n) is 1.72. The van der Waals surface area contributed by atoms with Gasteiger partial charge in [-0.25, -0.2) is 4.98 Å². The van der Waals surface area contributed by atoms with Crippen molar-refractivity contribution in [3.8, 4) is 0 Å². The van der Waals surface area contributed by atoms with Crippen LogP contribution in [0.3, 0.4) is 0 Å². The predicted molar refractivity (Wildman–Crippen MR) is 62.1 cm³/mol. The molecule has 5 nitrogen and oxygen atoms in total. The largest absolute Gasteiger partial charge is 0.324 e. The summed E-state index contributed by atoms with van der Waals surface area (Å²) in [6.07, 6.45) is 1.31. The van der Waals surface area contributed by atoms with E-state index in [1.54, 1.807) is 0 Å². The second-order valence-corrected chi connectivity index (χ2v) is 3.94. The second kappa shape index (κ2) is 5.70. The molecule has 1 aliphatic heterocycles. The molecule has 0 aliphatic carbocycles. The average Bonchev–Trinajstić information content (AvgIpc) is 2.33. The quantitative estimate of drug-likeness (QED) is 0.731. The summed E-state index contributed by atoms with van der Waals surface area (Å²) >= 11 is 0. The topological polar surface area (TPSA) is 57.3 Å². The van der Waals surface area contributed by atoms with E-state index >= 15 is 0 Å². The number of nitrogens with zero attached hydrogens (tertiary/aromatic N) is 2. The Morgan fingerprint density at radius 1 is 1.47 bits per heavy atom. The van der Waals surface area contributed by atoms with Gasteiger partial charge in [-0.2, -0.15) is 4.39 Å². The van der Waals surface area contributed by atoms with Crippen LogP contribution in [0.25, 0.3) is 0 Å². The molecule has 1 amide bonds. The van der Waals surface area contributed by atoms with E-state index in [9.17, 15) is 9.18 Å². The van der Waals surface area contributed by atoms with Gasteiger partial charge in [0.1, 0.15) is 0 Å². The van der Waals surface area contributed by atoms with Crippen LogP contribution in [0.5, 0.6) is 0 Å². The van der Waals surface area contributed by atoms with Crippen molar-refractivity contribution < 1.29 is 9.18 Å². The smallest absolute Gasteiger partial charge is 0.238 e. The summed E-state index contributed by atoms with van der Waals surface area (Å²) < 4.78 is 12.6. The van der Waals surface area contributed by atoms with Gasteiger partial charge in [0.15, 0.2) is 0 Å². The molecule has 92 valence electrons. The molecule has 0 radical (unpaired) electrons. The SMILES string of the molecule is O=C(CN1CCNCC1)Nc1ccc(F)nc1. The zero-order valence-electron chi connectivity index (χ0n) is 9.45. The molecule has 2 heterocycles. The van der Waals surface area contributed by atoms with Crippen molar-refractivity contribution in [2.24, 2.45) is 0 Å². The molecule has 0 saturated carbocycles. The van der Waals surface area contributed by atoms with E-state index < -0.39 is 5.95 Å². The maximum Gasteiger partial charge on any atom is 0.238 e. The Kier molecular flexibility index (Phi) is 4.00. The van der Waals surface area contributed by atoms with Crippen molar-refractivity contribution in [3.05, 3.63) is 24.3 Å². The predicted octanol–water partition coefficient (Wildman–Crippen LogP) is 0.0644. The number of halogens is 1. The number of anilines is 1. The van der Waals surface area contributed by atoms with Gasteiger partial charge in [0, 0.05) is 26.2 Å². The number of amides is 1. The number of carbonyl (C=O) groups is 1. The molecule has 17 heavy (non-hydrogen) atoms. The van der Waals surface area contributed by atoms with Crippen LogP contribution in [0.1, 0.15) is 0 Å². The molecule has 1 fully saturated rings. The third-order valence-corrected chi connectivity index (χ3v) is 2.59. The van der Waals surface area contributed by atoms with Gasteiger partial charge in [-0.05, 0) is 12.1 Å². The Morgan fingerprint density at radius 2 is 2.24 bits per heavy atom. The first-order valence-electron chi connectivity index (χ1n) is 5.58. The molecule has 1 aliphatic rings. The lowest BCUT2D eigenvalue weighted by molar-refractivity contribution is -0.117. The summed E-state index contributed by atoms with van der Waals surface area (Å²) in [4.78, 5) is 17.2. The van der Waals surface area contributed by atoms with E-state index in [1.807, 2.05) is 0 Å². The maximum atomic E-state index is 12.6. The van der Waals surface area contributed by atoms with Crippen LogP contribution in [-0.4, -0.2) is 48.5 Å². The summed E-state index contributed by atoms with van der Waals surface area (Å²) in [5, 5.41) is 5.91. The summed E-state index contributed by atoms with van der Waals surface area (Å²) in [5.41, 5.74) is 0.520. The Morgan fingerprint density at radius 3 is 2.88 bits per heavy atom. The maximum absolute atomic E-state index is 12.6. The van der Waals surface area contributed by atoms with Gasteiger partial charge >= 0.3 is 0 Å². The van der Waals surface area contributed by atoms with Crippen LogP contribution in [0.4, 0.5) is 10.1 Å². The van der Waals surface area contributed by atoms with E-state index in [4.69, 9.17) is 0 Å². The standard InChI is InChI=1S/C11H15FN4O/c12-10-2-1-9(7-14-10)15-11(17)8-16-5-3-13-4-6-16/h1-2,7,13H,3-6,8H2,(H,15,17). The molecule has 1 aromatic rings. The minimum atomic E-state index is -0.551. The molecular weight excluding hydrogens is 223 g/mol. The van der Waals surface area contributed by atoms with Crippen LogP contribution in [0.2, 0.25) is 0 Å². The Labute approximate surface area is 99.0 Å². The number of nitrogens with one attached hydrogen (secondary N) is 2. The zero-order valence-corrected chi connectivity index (χ0v) is 9.45. The number of carbonyl (C=O) groups excluding carboxylic acids is 1. The number of aromatic nitrogens is 1. The molecule has 6 heteroatoms. The first-order valence-corrected chi connectivity index (χ1v) is 5.58. The van der Waals surface area contributed by atoms with Gasteiger partial charge in [-0.1, -0.05) is 0 Å². The van der Waals surface area contributed by atoms with Crippen LogP contribution in [0.15, 0.2) is 18.3 Å². The van der Waals surface area contributed by atoms with E-state index in [0.29, 0.717) is 12.2 Å². The van der Waals surface area contributed by atoms with E-state index in [1.165, 1.54) is 18.3 Å². The fourth-order valence-corrected chi connectivity index (χ4v) is 1.72. The van der Waals surface area contributed by atoms with E-state index in [-0.39, 0.29) is 5.91 Å². The number of hydrogen-bond acceptors (Lipinski definition) is 4. The third-order valence-electron chi connectivity index (χ3n) is 2.59. The molecule has 1 saturated heterocycles. The summed E-state index contributed by atoms with van der Waals surface area (Å²) in [7, 11) is 0. The lowest BCUT2D eigenvalue weighted by Crippen LogP contribution is -2.46. The highest BCUT2D eigenvalue weighted by Gasteiger charge is 2.13. The highest BCUT2D eigenvalue weighted by molar-refractivity contribution is 5.92. The lowest BCUT2D eigenvalue weighted by Gasteiger charge is -2.26. The molecule has 0 bridgehead atoms. The molecular formula is C11H15FN4O. The van der Waals surface area contributed by atoms with Gasteiger partial charge < -0.3 is 10.6 Å². The van der Waals surface area contributed by atoms with Crippen molar-refractivity contribution in [3.63, 3.8) is 0 Å². The van der Waals surface area contributed by atoms with Gasteiger partial charge in [-0.3, -0.25) is 9.69 Å². The summed E-state index contributed by atoms with van der Waals surface area (Å²) in [5.74, 6) is -0.648. The summed E-state index contributed by atoms with van der Waals surface area (Å²) in [6.45, 7) is 3.92. The van der Waals surface area contributed by atoms with Crippen molar-refractivity contribution in [1.82, 2.24) is 15.2 Å². The Bertz CT molecular complexity index is 376. The van der Waals surface area contributed by atoms with Crippen LogP contribution in [0, 0.1) is 5.95 Å². The average molecular weight is 238 g/mol. The van der Waals surface area contributed by atoms with Crippen molar-refractivity contribution in [2.45, 2.75) is 0 Å². The van der Waals surface area contributed by atoms with Crippen molar-refractivity contribution in [1.29, 1.82) is 0 Å². The first kappa shape index (κ1) is 11.9. The summed E-state index contributed by atoms with van der Waals surface area (Å²) in [6, 6.07) is 2.72. The van der Waals surface area contributed by atoms with Crippen LogP contribution < -0.4 is 10.6 Å². The third kappa shape index (κ3) is 3.76. The minimum absolute atomic E-state index is 0.0969. The molecule has 0 aromatic carbocycles. The fraction of sp³-hybridized carbons (Fsp3) is 0.455. The molecule has 0 unspecified atom stereocenters. The normalized spacial score (nSPS) is 16.8. The van der Waals surface area contributed by atoms with Crippen LogP contribution >= 0.6 is 0 Å². The number of rotatable bonds is 3. The molecule has 0 spiro atoms. The number of hydrogen-bond donors (Lipinski definition) is 2. The van der Waals surface area contributed by atoms with Crippen molar-refractivity contribution in [2.75, 3.05) is 38.0 Å². The van der Waals surface area contributed by atoms with Gasteiger partial charge in [-0.15, -0.1) is 0 Å². The highest BCUT2D eigenvalue weighted by atomic mass is 19.1. The van der Waals surface area contributed by atoms with Gasteiger partial charge in [0.2, 0.25) is 11.9 Å². The lowest BCUT2D eigenvalue weighted by atomic mass is 10.3. The van der Waals surface area contributed by atoms with Crippen LogP contribution in [-0.2, 0) is 4.79 Å². The number of pyridine rings is 1. The number of piperazine rings is 1. The Balaban J connectivity index is 1.82. The highest BCUT2D eigenvalue weighted by Crippen LogP contribution is 2.05. The molecule has 0 atom stereocenters. The first-order chi connectivity index (χ1) is 8.24. The molecule has 2 rings (SSSR count). The molecule has 2 N–H and O–H groups in total. The Hall–Kier alpha value is -1.53. The van der Waals surface area contributed by atoms with Gasteiger partial charge in [0.05, 0.1) is 18.4 Å². The van der Waals surface area contributed by atoms with E-state index in [0.717, 1.165) is 26.2 Å². The minimum Gasteiger partial charge on any atom is -0.324 e.